The van der Waals surface area contributed by atoms with Crippen LogP contribution in [-0.2, 0) is 9.47 Å². The summed E-state index contributed by atoms with van der Waals surface area (Å²) < 4.78 is 10.4. The summed E-state index contributed by atoms with van der Waals surface area (Å²) in [6.45, 7) is 7.77. The van der Waals surface area contributed by atoms with Gasteiger partial charge >= 0.3 is 0 Å². The van der Waals surface area contributed by atoms with Crippen molar-refractivity contribution in [3.05, 3.63) is 0 Å². The van der Waals surface area contributed by atoms with E-state index >= 15 is 0 Å². The Kier molecular flexibility index (Phi) is 5.69. The van der Waals surface area contributed by atoms with Crippen molar-refractivity contribution in [3.63, 3.8) is 0 Å². The zero-order valence-electron chi connectivity index (χ0n) is 10.7. The number of methoxy groups -OCH3 is 1. The molecule has 4 heteroatoms. The van der Waals surface area contributed by atoms with Gasteiger partial charge in [-0.2, -0.15) is 0 Å². The number of rotatable bonds is 7. The summed E-state index contributed by atoms with van der Waals surface area (Å²) in [4.78, 5) is 2.33. The Morgan fingerprint density at radius 2 is 2.06 bits per heavy atom. The first-order valence-corrected chi connectivity index (χ1v) is 6.09. The predicted octanol–water partition coefficient (Wildman–Crippen LogP) is 0.885. The summed E-state index contributed by atoms with van der Waals surface area (Å²) in [5.74, 6) is 0. The number of hydrogen-bond acceptors (Lipinski definition) is 4. The monoisotopic (exact) mass is 231 g/mol. The van der Waals surface area contributed by atoms with Gasteiger partial charge in [0.1, 0.15) is 0 Å². The second-order valence-corrected chi connectivity index (χ2v) is 4.95. The van der Waals surface area contributed by atoms with Crippen LogP contribution in [0, 0.1) is 0 Å². The van der Waals surface area contributed by atoms with E-state index in [1.54, 1.807) is 7.11 Å². The van der Waals surface area contributed by atoms with Crippen LogP contribution in [0.15, 0.2) is 0 Å². The molecule has 1 rings (SSSR count). The highest BCUT2D eigenvalue weighted by molar-refractivity contribution is 4.90. The molecular formula is C12H25NO3. The van der Waals surface area contributed by atoms with Crippen LogP contribution in [0.4, 0.5) is 0 Å². The molecule has 0 aromatic carbocycles. The van der Waals surface area contributed by atoms with Crippen LogP contribution in [0.1, 0.15) is 26.7 Å². The molecule has 1 heterocycles. The second-order valence-electron chi connectivity index (χ2n) is 4.95. The lowest BCUT2D eigenvalue weighted by molar-refractivity contribution is -0.0143. The highest BCUT2D eigenvalue weighted by atomic mass is 16.5. The number of hydrogen-bond donors (Lipinski definition) is 1. The molecule has 1 unspecified atom stereocenters. The molecule has 1 fully saturated rings. The molecule has 4 nitrogen and oxygen atoms in total. The smallest absolute Gasteiger partial charge is 0.0746 e. The molecule has 1 atom stereocenters. The first-order valence-electron chi connectivity index (χ1n) is 6.09. The van der Waals surface area contributed by atoms with Gasteiger partial charge in [-0.25, -0.2) is 0 Å². The molecule has 1 aliphatic heterocycles. The summed E-state index contributed by atoms with van der Waals surface area (Å²) in [5, 5.41) is 10.0. The predicted molar refractivity (Wildman–Crippen MR) is 63.6 cm³/mol. The van der Waals surface area contributed by atoms with Crippen molar-refractivity contribution in [2.24, 2.45) is 0 Å². The lowest BCUT2D eigenvalue weighted by Crippen LogP contribution is -2.46. The first-order chi connectivity index (χ1) is 7.55. The fraction of sp³-hybridized carbons (Fsp3) is 1.00. The SMILES string of the molecule is COCCOCCN1CCCC1C(C)(C)O. The molecule has 1 N–H and O–H groups in total. The lowest BCUT2D eigenvalue weighted by Gasteiger charge is -2.33. The van der Waals surface area contributed by atoms with Gasteiger partial charge in [0.25, 0.3) is 0 Å². The van der Waals surface area contributed by atoms with Crippen LogP contribution >= 0.6 is 0 Å². The molecule has 0 spiro atoms. The fourth-order valence-corrected chi connectivity index (χ4v) is 2.32. The lowest BCUT2D eigenvalue weighted by atomic mass is 9.97. The Labute approximate surface area is 98.5 Å². The van der Waals surface area contributed by atoms with Crippen molar-refractivity contribution in [2.45, 2.75) is 38.3 Å². The molecule has 16 heavy (non-hydrogen) atoms. The Bertz CT molecular complexity index is 191. The zero-order chi connectivity index (χ0) is 12.0. The minimum Gasteiger partial charge on any atom is -0.389 e. The molecule has 1 saturated heterocycles. The Balaban J connectivity index is 2.20. The molecular weight excluding hydrogens is 206 g/mol. The molecule has 0 amide bonds. The number of likely N-dealkylation sites (tertiary alicyclic amines) is 1. The second kappa shape index (κ2) is 6.55. The number of aliphatic hydroxyl groups is 1. The minimum atomic E-state index is -0.608. The average molecular weight is 231 g/mol. The van der Waals surface area contributed by atoms with Crippen molar-refractivity contribution in [2.75, 3.05) is 40.0 Å². The normalized spacial score (nSPS) is 22.9. The van der Waals surface area contributed by atoms with E-state index in [4.69, 9.17) is 9.47 Å². The third kappa shape index (κ3) is 4.37. The van der Waals surface area contributed by atoms with E-state index in [2.05, 4.69) is 4.90 Å². The Morgan fingerprint density at radius 3 is 2.69 bits per heavy atom. The van der Waals surface area contributed by atoms with Gasteiger partial charge in [0.2, 0.25) is 0 Å². The zero-order valence-corrected chi connectivity index (χ0v) is 10.7. The fourth-order valence-electron chi connectivity index (χ4n) is 2.32. The van der Waals surface area contributed by atoms with Gasteiger partial charge in [-0.3, -0.25) is 4.90 Å². The summed E-state index contributed by atoms with van der Waals surface area (Å²) in [6, 6.07) is 0.276. The highest BCUT2D eigenvalue weighted by Gasteiger charge is 2.35. The van der Waals surface area contributed by atoms with E-state index in [-0.39, 0.29) is 6.04 Å². The van der Waals surface area contributed by atoms with Gasteiger partial charge in [0.05, 0.1) is 25.4 Å². The van der Waals surface area contributed by atoms with E-state index in [9.17, 15) is 5.11 Å². The van der Waals surface area contributed by atoms with E-state index in [0.717, 1.165) is 26.1 Å². The van der Waals surface area contributed by atoms with Gasteiger partial charge in [-0.05, 0) is 33.2 Å². The minimum absolute atomic E-state index is 0.276. The molecule has 1 aliphatic rings. The van der Waals surface area contributed by atoms with Crippen LogP contribution in [0.3, 0.4) is 0 Å². The standard InChI is InChI=1S/C12H25NO3/c1-12(2,14)11-5-4-6-13(11)7-8-16-10-9-15-3/h11,14H,4-10H2,1-3H3. The molecule has 0 aliphatic carbocycles. The third-order valence-corrected chi connectivity index (χ3v) is 3.13. The highest BCUT2D eigenvalue weighted by Crippen LogP contribution is 2.26. The van der Waals surface area contributed by atoms with Crippen LogP contribution in [0.25, 0.3) is 0 Å². The van der Waals surface area contributed by atoms with Crippen molar-refractivity contribution < 1.29 is 14.6 Å². The van der Waals surface area contributed by atoms with Gasteiger partial charge in [0, 0.05) is 19.7 Å². The van der Waals surface area contributed by atoms with Crippen molar-refractivity contribution in [1.82, 2.24) is 4.90 Å². The summed E-state index contributed by atoms with van der Waals surface area (Å²) in [6.07, 6.45) is 2.26. The van der Waals surface area contributed by atoms with Gasteiger partial charge in [-0.1, -0.05) is 0 Å². The molecule has 0 bridgehead atoms. The molecule has 0 radical (unpaired) electrons. The maximum Gasteiger partial charge on any atom is 0.0746 e. The molecule has 0 saturated carbocycles. The number of ether oxygens (including phenoxy) is 2. The molecule has 96 valence electrons. The van der Waals surface area contributed by atoms with Crippen molar-refractivity contribution >= 4 is 0 Å². The van der Waals surface area contributed by atoms with E-state index < -0.39 is 5.60 Å². The Morgan fingerprint density at radius 1 is 1.31 bits per heavy atom. The van der Waals surface area contributed by atoms with Gasteiger partial charge < -0.3 is 14.6 Å². The van der Waals surface area contributed by atoms with Gasteiger partial charge in [-0.15, -0.1) is 0 Å². The van der Waals surface area contributed by atoms with Crippen molar-refractivity contribution in [3.8, 4) is 0 Å². The molecule has 0 aromatic heterocycles. The van der Waals surface area contributed by atoms with Crippen LogP contribution in [0.2, 0.25) is 0 Å². The summed E-state index contributed by atoms with van der Waals surface area (Å²) in [5.41, 5.74) is -0.608. The van der Waals surface area contributed by atoms with E-state index in [0.29, 0.717) is 13.2 Å². The van der Waals surface area contributed by atoms with Gasteiger partial charge in [0.15, 0.2) is 0 Å². The van der Waals surface area contributed by atoms with E-state index in [1.165, 1.54) is 6.42 Å². The van der Waals surface area contributed by atoms with Crippen molar-refractivity contribution in [1.29, 1.82) is 0 Å². The topological polar surface area (TPSA) is 41.9 Å². The quantitative estimate of drug-likeness (QED) is 0.661. The molecule has 0 aromatic rings. The Hall–Kier alpha value is -0.160. The van der Waals surface area contributed by atoms with E-state index in [1.807, 2.05) is 13.8 Å². The average Bonchev–Trinajstić information content (AvgIpc) is 2.65. The maximum absolute atomic E-state index is 10.0. The van der Waals surface area contributed by atoms with Crippen LogP contribution < -0.4 is 0 Å². The van der Waals surface area contributed by atoms with Crippen LogP contribution in [-0.4, -0.2) is 61.7 Å². The first kappa shape index (κ1) is 13.9. The largest absolute Gasteiger partial charge is 0.389 e. The summed E-state index contributed by atoms with van der Waals surface area (Å²) >= 11 is 0. The van der Waals surface area contributed by atoms with Crippen LogP contribution in [0.5, 0.6) is 0 Å². The number of nitrogens with zero attached hydrogens (tertiary/aromatic N) is 1. The third-order valence-electron chi connectivity index (χ3n) is 3.13. The summed E-state index contributed by atoms with van der Waals surface area (Å²) in [7, 11) is 1.67. The maximum atomic E-state index is 10.0.